The summed E-state index contributed by atoms with van der Waals surface area (Å²) in [5.74, 6) is -2.10. The second-order valence-electron chi connectivity index (χ2n) is 6.17. The monoisotopic (exact) mass is 382 g/mol. The summed E-state index contributed by atoms with van der Waals surface area (Å²) in [6.45, 7) is 0.179. The summed E-state index contributed by atoms with van der Waals surface area (Å²) in [7, 11) is 1.44. The minimum atomic E-state index is -1.09. The molecule has 1 saturated heterocycles. The average molecular weight is 382 g/mol. The highest BCUT2D eigenvalue weighted by Gasteiger charge is 2.47. The number of ketones is 1. The molecule has 2 aromatic carbocycles. The van der Waals surface area contributed by atoms with E-state index in [1.807, 2.05) is 0 Å². The van der Waals surface area contributed by atoms with Crippen molar-refractivity contribution in [1.29, 1.82) is 0 Å². The molecular weight excluding hydrogens is 364 g/mol. The van der Waals surface area contributed by atoms with E-state index in [0.29, 0.717) is 5.56 Å². The molecule has 1 fully saturated rings. The highest BCUT2D eigenvalue weighted by atomic mass is 16.6. The van der Waals surface area contributed by atoms with Crippen molar-refractivity contribution in [2.24, 2.45) is 0 Å². The Kier molecular flexibility index (Phi) is 5.51. The molecule has 8 nitrogen and oxygen atoms in total. The number of nitro benzene ring substituents is 1. The zero-order valence-corrected chi connectivity index (χ0v) is 15.1. The molecule has 0 spiro atoms. The molecule has 1 aliphatic heterocycles. The van der Waals surface area contributed by atoms with Gasteiger partial charge in [0.15, 0.2) is 0 Å². The maximum Gasteiger partial charge on any atom is 0.295 e. The number of amides is 1. The first-order valence-corrected chi connectivity index (χ1v) is 8.53. The lowest BCUT2D eigenvalue weighted by molar-refractivity contribution is -0.385. The van der Waals surface area contributed by atoms with Gasteiger partial charge in [-0.3, -0.25) is 19.7 Å². The first kappa shape index (κ1) is 19.2. The van der Waals surface area contributed by atoms with E-state index in [2.05, 4.69) is 0 Å². The predicted molar refractivity (Wildman–Crippen MR) is 100 cm³/mol. The number of Topliss-reactive ketones (excluding diaryl/α,β-unsaturated/α-hetero) is 1. The van der Waals surface area contributed by atoms with Gasteiger partial charge in [0.05, 0.1) is 28.7 Å². The van der Waals surface area contributed by atoms with Crippen LogP contribution in [-0.2, 0) is 14.3 Å². The molecule has 144 valence electrons. The molecule has 0 aromatic heterocycles. The second kappa shape index (κ2) is 8.01. The third-order valence-electron chi connectivity index (χ3n) is 4.55. The van der Waals surface area contributed by atoms with Crippen molar-refractivity contribution in [3.05, 3.63) is 81.4 Å². The lowest BCUT2D eigenvalue weighted by Crippen LogP contribution is -2.32. The molecule has 0 aliphatic carbocycles. The van der Waals surface area contributed by atoms with Crippen LogP contribution in [0.2, 0.25) is 0 Å². The minimum Gasteiger partial charge on any atom is -0.507 e. The van der Waals surface area contributed by atoms with Crippen molar-refractivity contribution in [1.82, 2.24) is 4.90 Å². The van der Waals surface area contributed by atoms with Crippen LogP contribution in [0.5, 0.6) is 0 Å². The maximum absolute atomic E-state index is 12.7. The van der Waals surface area contributed by atoms with Crippen molar-refractivity contribution in [3.8, 4) is 0 Å². The van der Waals surface area contributed by atoms with Crippen LogP contribution in [0.3, 0.4) is 0 Å². The molecule has 1 unspecified atom stereocenters. The van der Waals surface area contributed by atoms with Gasteiger partial charge in [-0.2, -0.15) is 0 Å². The molecule has 1 amide bonds. The fraction of sp³-hybridized carbons (Fsp3) is 0.200. The molecule has 3 rings (SSSR count). The molecule has 0 bridgehead atoms. The molecule has 1 aliphatic rings. The zero-order chi connectivity index (χ0) is 20.3. The number of nitrogens with zero attached hydrogens (tertiary/aromatic N) is 2. The van der Waals surface area contributed by atoms with Gasteiger partial charge in [-0.25, -0.2) is 0 Å². The van der Waals surface area contributed by atoms with Crippen LogP contribution in [0, 0.1) is 10.1 Å². The third-order valence-corrected chi connectivity index (χ3v) is 4.55. The Morgan fingerprint density at radius 1 is 1.14 bits per heavy atom. The van der Waals surface area contributed by atoms with Crippen LogP contribution in [0.25, 0.3) is 5.76 Å². The van der Waals surface area contributed by atoms with E-state index in [0.717, 1.165) is 0 Å². The summed E-state index contributed by atoms with van der Waals surface area (Å²) < 4.78 is 5.01. The second-order valence-corrected chi connectivity index (χ2v) is 6.17. The number of nitro groups is 1. The van der Waals surface area contributed by atoms with E-state index in [1.165, 1.54) is 30.2 Å². The summed E-state index contributed by atoms with van der Waals surface area (Å²) in [5.41, 5.74) is 0.0773. The van der Waals surface area contributed by atoms with Gasteiger partial charge in [-0.15, -0.1) is 0 Å². The van der Waals surface area contributed by atoms with Crippen molar-refractivity contribution in [2.45, 2.75) is 6.04 Å². The fourth-order valence-electron chi connectivity index (χ4n) is 3.26. The molecule has 0 radical (unpaired) electrons. The van der Waals surface area contributed by atoms with Crippen LogP contribution in [0.1, 0.15) is 17.2 Å². The van der Waals surface area contributed by atoms with Crippen molar-refractivity contribution in [3.63, 3.8) is 0 Å². The Morgan fingerprint density at radius 3 is 2.43 bits per heavy atom. The molecule has 1 atom stereocenters. The van der Waals surface area contributed by atoms with Gasteiger partial charge in [0.25, 0.3) is 17.4 Å². The number of ether oxygens (including phenoxy) is 1. The average Bonchev–Trinajstić information content (AvgIpc) is 2.96. The number of rotatable bonds is 6. The summed E-state index contributed by atoms with van der Waals surface area (Å²) >= 11 is 0. The van der Waals surface area contributed by atoms with Crippen LogP contribution in [-0.4, -0.2) is 46.9 Å². The predicted octanol–water partition coefficient (Wildman–Crippen LogP) is 2.66. The van der Waals surface area contributed by atoms with Gasteiger partial charge in [-0.05, 0) is 6.07 Å². The normalized spacial score (nSPS) is 18.5. The minimum absolute atomic E-state index is 0.0450. The van der Waals surface area contributed by atoms with E-state index in [1.54, 1.807) is 36.4 Å². The van der Waals surface area contributed by atoms with Crippen molar-refractivity contribution in [2.75, 3.05) is 20.3 Å². The lowest BCUT2D eigenvalue weighted by Gasteiger charge is -2.24. The Bertz CT molecular complexity index is 954. The van der Waals surface area contributed by atoms with E-state index in [9.17, 15) is 24.8 Å². The fourth-order valence-corrected chi connectivity index (χ4v) is 3.26. The number of likely N-dealkylation sites (tertiary alicyclic amines) is 1. The van der Waals surface area contributed by atoms with Gasteiger partial charge in [0.2, 0.25) is 0 Å². The highest BCUT2D eigenvalue weighted by molar-refractivity contribution is 6.46. The van der Waals surface area contributed by atoms with E-state index in [-0.39, 0.29) is 35.7 Å². The molecule has 1 N–H and O–H groups in total. The van der Waals surface area contributed by atoms with Gasteiger partial charge < -0.3 is 14.7 Å². The molecule has 0 saturated carbocycles. The highest BCUT2D eigenvalue weighted by Crippen LogP contribution is 2.42. The number of benzene rings is 2. The smallest absolute Gasteiger partial charge is 0.295 e. The Morgan fingerprint density at radius 2 is 1.79 bits per heavy atom. The Balaban J connectivity index is 2.24. The van der Waals surface area contributed by atoms with Gasteiger partial charge in [-0.1, -0.05) is 42.5 Å². The molecule has 2 aromatic rings. The zero-order valence-electron chi connectivity index (χ0n) is 15.1. The van der Waals surface area contributed by atoms with Crippen molar-refractivity contribution >= 4 is 23.1 Å². The molecular formula is C20H18N2O6. The third kappa shape index (κ3) is 3.37. The van der Waals surface area contributed by atoms with Crippen LogP contribution < -0.4 is 0 Å². The van der Waals surface area contributed by atoms with Crippen molar-refractivity contribution < 1.29 is 24.4 Å². The summed E-state index contributed by atoms with van der Waals surface area (Å²) in [5, 5.41) is 22.3. The number of hydrogen-bond donors (Lipinski definition) is 1. The summed E-state index contributed by atoms with van der Waals surface area (Å²) in [6, 6.07) is 13.1. The first-order valence-electron chi connectivity index (χ1n) is 8.53. The van der Waals surface area contributed by atoms with Crippen LogP contribution >= 0.6 is 0 Å². The summed E-state index contributed by atoms with van der Waals surface area (Å²) in [4.78, 5) is 37.5. The van der Waals surface area contributed by atoms with Crippen LogP contribution in [0.15, 0.2) is 60.2 Å². The number of carbonyl (C=O) groups excluding carboxylic acids is 2. The van der Waals surface area contributed by atoms with Gasteiger partial charge >= 0.3 is 0 Å². The largest absolute Gasteiger partial charge is 0.507 e. The number of hydrogen-bond acceptors (Lipinski definition) is 6. The number of aliphatic hydroxyl groups is 1. The molecule has 8 heteroatoms. The lowest BCUT2D eigenvalue weighted by atomic mass is 9.94. The molecule has 1 heterocycles. The standard InChI is InChI=1S/C20H18N2O6/c1-28-12-11-21-17(14-9-5-6-10-15(14)22(26)27)16(19(24)20(21)25)18(23)13-7-3-2-4-8-13/h2-10,17,23H,11-12H2,1H3. The first-order chi connectivity index (χ1) is 13.5. The Labute approximate surface area is 160 Å². The molecule has 28 heavy (non-hydrogen) atoms. The number of para-hydroxylation sites is 1. The maximum atomic E-state index is 12.7. The SMILES string of the molecule is COCCN1C(=O)C(=O)C(=C(O)c2ccccc2)C1c1ccccc1[N+](=O)[O-]. The summed E-state index contributed by atoms with van der Waals surface area (Å²) in [6.07, 6.45) is 0. The topological polar surface area (TPSA) is 110 Å². The Hall–Kier alpha value is -3.52. The number of aliphatic hydroxyl groups excluding tert-OH is 1. The van der Waals surface area contributed by atoms with E-state index in [4.69, 9.17) is 4.74 Å². The van der Waals surface area contributed by atoms with Crippen LogP contribution in [0.4, 0.5) is 5.69 Å². The number of carbonyl (C=O) groups is 2. The van der Waals surface area contributed by atoms with Gasteiger partial charge in [0.1, 0.15) is 5.76 Å². The quantitative estimate of drug-likeness (QED) is 0.270. The van der Waals surface area contributed by atoms with Gasteiger partial charge in [0, 0.05) is 25.3 Å². The number of methoxy groups -OCH3 is 1. The van der Waals surface area contributed by atoms with E-state index >= 15 is 0 Å². The van der Waals surface area contributed by atoms with E-state index < -0.39 is 22.7 Å².